The van der Waals surface area contributed by atoms with Gasteiger partial charge in [-0.2, -0.15) is 9.50 Å². The fraction of sp³-hybridized carbons (Fsp3) is 0.235. The Bertz CT molecular complexity index is 1210. The van der Waals surface area contributed by atoms with Gasteiger partial charge in [-0.15, -0.1) is 15.3 Å². The van der Waals surface area contributed by atoms with Crippen LogP contribution in [-0.4, -0.2) is 42.6 Å². The third-order valence-electron chi connectivity index (χ3n) is 4.24. The summed E-state index contributed by atoms with van der Waals surface area (Å²) in [5.41, 5.74) is 1.53. The van der Waals surface area contributed by atoms with Crippen molar-refractivity contribution in [3.05, 3.63) is 52.2 Å². The number of nitrogens with zero attached hydrogens (tertiary/aromatic N) is 6. The summed E-state index contributed by atoms with van der Waals surface area (Å²) in [7, 11) is 0. The summed E-state index contributed by atoms with van der Waals surface area (Å²) >= 11 is 0. The number of ether oxygens (including phenoxy) is 2. The maximum atomic E-state index is 12.8. The molecular formula is C17H14N6O3. The van der Waals surface area contributed by atoms with Gasteiger partial charge in [-0.25, -0.2) is 0 Å². The minimum absolute atomic E-state index is 0.236. The van der Waals surface area contributed by atoms with Gasteiger partial charge >= 0.3 is 0 Å². The molecule has 0 atom stereocenters. The van der Waals surface area contributed by atoms with Gasteiger partial charge in [0.2, 0.25) is 0 Å². The SMILES string of the molecule is Cc1nc2nnc3c(=O)n(Cc4ccc5c(c4)OCCO5)ccc3n2n1. The van der Waals surface area contributed by atoms with E-state index in [2.05, 4.69) is 20.3 Å². The highest BCUT2D eigenvalue weighted by atomic mass is 16.6. The minimum Gasteiger partial charge on any atom is -0.486 e. The molecule has 3 aromatic heterocycles. The molecule has 0 aliphatic carbocycles. The zero-order valence-corrected chi connectivity index (χ0v) is 13.9. The van der Waals surface area contributed by atoms with Crippen LogP contribution >= 0.6 is 0 Å². The van der Waals surface area contributed by atoms with Crippen molar-refractivity contribution < 1.29 is 9.47 Å². The van der Waals surface area contributed by atoms with Gasteiger partial charge in [-0.05, 0) is 30.7 Å². The van der Waals surface area contributed by atoms with Crippen LogP contribution in [-0.2, 0) is 6.54 Å². The highest BCUT2D eigenvalue weighted by molar-refractivity contribution is 5.74. The first-order valence-electron chi connectivity index (χ1n) is 8.17. The molecule has 0 bridgehead atoms. The summed E-state index contributed by atoms with van der Waals surface area (Å²) in [6.07, 6.45) is 1.72. The molecule has 26 heavy (non-hydrogen) atoms. The fourth-order valence-electron chi connectivity index (χ4n) is 3.05. The van der Waals surface area contributed by atoms with E-state index in [1.54, 1.807) is 23.8 Å². The average Bonchev–Trinajstić information content (AvgIpc) is 3.04. The molecule has 0 spiro atoms. The number of aryl methyl sites for hydroxylation is 1. The third-order valence-corrected chi connectivity index (χ3v) is 4.24. The summed E-state index contributed by atoms with van der Waals surface area (Å²) < 4.78 is 14.2. The smallest absolute Gasteiger partial charge is 0.280 e. The molecular weight excluding hydrogens is 336 g/mol. The fourth-order valence-corrected chi connectivity index (χ4v) is 3.05. The largest absolute Gasteiger partial charge is 0.486 e. The normalized spacial score (nSPS) is 13.4. The van der Waals surface area contributed by atoms with Gasteiger partial charge in [0, 0.05) is 6.20 Å². The minimum atomic E-state index is -0.236. The number of rotatable bonds is 2. The molecule has 0 saturated carbocycles. The molecule has 9 heteroatoms. The van der Waals surface area contributed by atoms with Gasteiger partial charge in [0.1, 0.15) is 24.6 Å². The van der Waals surface area contributed by atoms with Crippen LogP contribution in [0.3, 0.4) is 0 Å². The molecule has 1 aromatic carbocycles. The number of benzene rings is 1. The standard InChI is InChI=1S/C17H14N6O3/c1-10-18-17-20-19-15-12(23(17)21-10)4-5-22(16(15)24)9-11-2-3-13-14(8-11)26-7-6-25-13/h2-5,8H,6-7,9H2,1H3. The molecule has 4 aromatic rings. The Morgan fingerprint density at radius 2 is 1.96 bits per heavy atom. The first-order chi connectivity index (χ1) is 12.7. The quantitative estimate of drug-likeness (QED) is 0.531. The lowest BCUT2D eigenvalue weighted by molar-refractivity contribution is 0.171. The predicted molar refractivity (Wildman–Crippen MR) is 91.6 cm³/mol. The van der Waals surface area contributed by atoms with Gasteiger partial charge in [0.05, 0.1) is 6.54 Å². The van der Waals surface area contributed by atoms with Gasteiger partial charge in [-0.3, -0.25) is 4.79 Å². The molecule has 4 heterocycles. The summed E-state index contributed by atoms with van der Waals surface area (Å²) in [6.45, 7) is 3.23. The first-order valence-corrected chi connectivity index (χ1v) is 8.17. The molecule has 0 N–H and O–H groups in total. The molecule has 0 radical (unpaired) electrons. The lowest BCUT2D eigenvalue weighted by Gasteiger charge is -2.19. The van der Waals surface area contributed by atoms with Crippen LogP contribution in [0.4, 0.5) is 0 Å². The average molecular weight is 350 g/mol. The first kappa shape index (κ1) is 14.8. The van der Waals surface area contributed by atoms with Crippen molar-refractivity contribution in [2.45, 2.75) is 13.5 Å². The summed E-state index contributed by atoms with van der Waals surface area (Å²) in [4.78, 5) is 17.0. The highest BCUT2D eigenvalue weighted by Gasteiger charge is 2.14. The Morgan fingerprint density at radius 1 is 1.12 bits per heavy atom. The molecule has 130 valence electrons. The van der Waals surface area contributed by atoms with Crippen molar-refractivity contribution in [3.8, 4) is 11.5 Å². The summed E-state index contributed by atoms with van der Waals surface area (Å²) in [5.74, 6) is 2.37. The van der Waals surface area contributed by atoms with E-state index < -0.39 is 0 Å². The monoisotopic (exact) mass is 350 g/mol. The van der Waals surface area contributed by atoms with E-state index in [1.165, 1.54) is 4.52 Å². The van der Waals surface area contributed by atoms with Gasteiger partial charge in [0.15, 0.2) is 17.0 Å². The van der Waals surface area contributed by atoms with Gasteiger partial charge in [-0.1, -0.05) is 6.07 Å². The zero-order chi connectivity index (χ0) is 17.7. The second kappa shape index (κ2) is 5.51. The van der Waals surface area contributed by atoms with Gasteiger partial charge in [0.25, 0.3) is 11.3 Å². The van der Waals surface area contributed by atoms with E-state index in [9.17, 15) is 4.79 Å². The van der Waals surface area contributed by atoms with Crippen LogP contribution in [0.2, 0.25) is 0 Å². The van der Waals surface area contributed by atoms with Crippen LogP contribution in [0.1, 0.15) is 11.4 Å². The van der Waals surface area contributed by atoms with Crippen molar-refractivity contribution in [3.63, 3.8) is 0 Å². The molecule has 0 unspecified atom stereocenters. The number of pyridine rings is 1. The molecule has 0 saturated heterocycles. The number of hydrogen-bond acceptors (Lipinski definition) is 7. The van der Waals surface area contributed by atoms with E-state index in [-0.39, 0.29) is 11.1 Å². The highest BCUT2D eigenvalue weighted by Crippen LogP contribution is 2.30. The van der Waals surface area contributed by atoms with Crippen LogP contribution in [0, 0.1) is 6.92 Å². The van der Waals surface area contributed by atoms with E-state index >= 15 is 0 Å². The van der Waals surface area contributed by atoms with Crippen molar-refractivity contribution >= 4 is 16.8 Å². The lowest BCUT2D eigenvalue weighted by Crippen LogP contribution is -2.22. The molecule has 1 aliphatic rings. The third kappa shape index (κ3) is 2.28. The van der Waals surface area contributed by atoms with Gasteiger partial charge < -0.3 is 14.0 Å². The van der Waals surface area contributed by atoms with Crippen LogP contribution in [0.5, 0.6) is 11.5 Å². The van der Waals surface area contributed by atoms with E-state index in [0.29, 0.717) is 42.6 Å². The van der Waals surface area contributed by atoms with Crippen molar-refractivity contribution in [1.29, 1.82) is 0 Å². The second-order valence-corrected chi connectivity index (χ2v) is 6.03. The number of fused-ring (bicyclic) bond motifs is 4. The van der Waals surface area contributed by atoms with E-state index in [4.69, 9.17) is 9.47 Å². The van der Waals surface area contributed by atoms with E-state index in [0.717, 1.165) is 11.3 Å². The Labute approximate surface area is 146 Å². The van der Waals surface area contributed by atoms with Crippen molar-refractivity contribution in [1.82, 2.24) is 29.4 Å². The predicted octanol–water partition coefficient (Wildman–Crippen LogP) is 0.962. The molecule has 1 aliphatic heterocycles. The Balaban J connectivity index is 1.58. The lowest BCUT2D eigenvalue weighted by atomic mass is 10.2. The van der Waals surface area contributed by atoms with Crippen LogP contribution in [0.15, 0.2) is 35.3 Å². The maximum absolute atomic E-state index is 12.8. The zero-order valence-electron chi connectivity index (χ0n) is 13.9. The Morgan fingerprint density at radius 3 is 2.85 bits per heavy atom. The van der Waals surface area contributed by atoms with Crippen LogP contribution in [0.25, 0.3) is 16.8 Å². The van der Waals surface area contributed by atoms with Crippen LogP contribution < -0.4 is 15.0 Å². The summed E-state index contributed by atoms with van der Waals surface area (Å²) in [6, 6.07) is 7.46. The molecule has 5 rings (SSSR count). The molecule has 0 fully saturated rings. The number of hydrogen-bond donors (Lipinski definition) is 0. The maximum Gasteiger partial charge on any atom is 0.280 e. The summed E-state index contributed by atoms with van der Waals surface area (Å²) in [5, 5.41) is 12.3. The Hall–Kier alpha value is -3.49. The van der Waals surface area contributed by atoms with E-state index in [1.807, 2.05) is 18.2 Å². The molecule has 0 amide bonds. The molecule has 9 nitrogen and oxygen atoms in total. The van der Waals surface area contributed by atoms with Crippen molar-refractivity contribution in [2.75, 3.05) is 13.2 Å². The second-order valence-electron chi connectivity index (χ2n) is 6.03. The Kier molecular flexibility index (Phi) is 3.14. The van der Waals surface area contributed by atoms with Crippen molar-refractivity contribution in [2.24, 2.45) is 0 Å². The topological polar surface area (TPSA) is 96.4 Å². The number of aromatic nitrogens is 6.